The predicted molar refractivity (Wildman–Crippen MR) is 100.0 cm³/mol. The maximum absolute atomic E-state index is 14.6. The lowest BCUT2D eigenvalue weighted by Crippen LogP contribution is -2.44. The van der Waals surface area contributed by atoms with Gasteiger partial charge >= 0.3 is 6.09 Å². The van der Waals surface area contributed by atoms with E-state index in [0.29, 0.717) is 29.5 Å². The maximum Gasteiger partial charge on any atom is 0.414 e. The Hall–Kier alpha value is -1.93. The van der Waals surface area contributed by atoms with E-state index in [0.717, 1.165) is 26.2 Å². The van der Waals surface area contributed by atoms with Gasteiger partial charge in [-0.2, -0.15) is 0 Å². The van der Waals surface area contributed by atoms with Crippen LogP contribution in [0.25, 0.3) is 0 Å². The van der Waals surface area contributed by atoms with E-state index in [-0.39, 0.29) is 11.9 Å². The van der Waals surface area contributed by atoms with Crippen molar-refractivity contribution < 1.29 is 13.9 Å². The van der Waals surface area contributed by atoms with Gasteiger partial charge < -0.3 is 19.9 Å². The van der Waals surface area contributed by atoms with Crippen LogP contribution in [-0.2, 0) is 4.74 Å². The monoisotopic (exact) mass is 366 g/mol. The number of rotatable bonds is 4. The summed E-state index contributed by atoms with van der Waals surface area (Å²) >= 11 is 4.96. The lowest BCUT2D eigenvalue weighted by Gasteiger charge is -2.34. The summed E-state index contributed by atoms with van der Waals surface area (Å²) in [7, 11) is 2.06. The molecule has 0 bridgehead atoms. The van der Waals surface area contributed by atoms with Crippen LogP contribution in [0.1, 0.15) is 6.92 Å². The number of anilines is 2. The second-order valence-electron chi connectivity index (χ2n) is 6.48. The van der Waals surface area contributed by atoms with Crippen LogP contribution >= 0.6 is 12.2 Å². The van der Waals surface area contributed by atoms with Gasteiger partial charge in [-0.1, -0.05) is 12.2 Å². The van der Waals surface area contributed by atoms with Crippen LogP contribution in [0, 0.1) is 5.82 Å². The van der Waals surface area contributed by atoms with Crippen LogP contribution < -0.4 is 15.1 Å². The molecule has 1 atom stereocenters. The Kier molecular flexibility index (Phi) is 5.39. The smallest absolute Gasteiger partial charge is 0.414 e. The molecule has 8 heteroatoms. The molecule has 1 aromatic rings. The fourth-order valence-corrected chi connectivity index (χ4v) is 3.15. The predicted octanol–water partition coefficient (Wildman–Crippen LogP) is 1.84. The van der Waals surface area contributed by atoms with Crippen molar-refractivity contribution in [2.75, 3.05) is 56.1 Å². The fraction of sp³-hybridized carbons (Fsp3) is 0.529. The van der Waals surface area contributed by atoms with E-state index in [4.69, 9.17) is 17.0 Å². The summed E-state index contributed by atoms with van der Waals surface area (Å²) in [5.41, 5.74) is 1.10. The van der Waals surface area contributed by atoms with Gasteiger partial charge in [0, 0.05) is 26.2 Å². The van der Waals surface area contributed by atoms with Crippen LogP contribution in [0.3, 0.4) is 0 Å². The zero-order valence-electron chi connectivity index (χ0n) is 14.5. The standard InChI is InChI=1S/C17H23FN4O2S/c1-12(25)19-10-14-11-22(17(23)24-14)13-3-4-16(15(18)9-13)21-7-5-20(2)6-8-21/h3-4,9,14H,5-8,10-11H2,1-2H3,(H,19,25)/t14-/m0/s1. The summed E-state index contributed by atoms with van der Waals surface area (Å²) in [4.78, 5) is 18.4. The SMILES string of the molecule is CC(=S)NC[C@H]1CN(c2ccc(N3CCN(C)CC3)c(F)c2)C(=O)O1. The number of amides is 1. The van der Waals surface area contributed by atoms with Crippen molar-refractivity contribution in [1.82, 2.24) is 10.2 Å². The number of cyclic esters (lactones) is 1. The van der Waals surface area contributed by atoms with Crippen molar-refractivity contribution in [1.29, 1.82) is 0 Å². The zero-order valence-corrected chi connectivity index (χ0v) is 15.3. The Bertz CT molecular complexity index is 664. The number of hydrogen-bond acceptors (Lipinski definition) is 5. The molecule has 6 nitrogen and oxygen atoms in total. The average molecular weight is 366 g/mol. The average Bonchev–Trinajstić information content (AvgIpc) is 2.95. The maximum atomic E-state index is 14.6. The zero-order chi connectivity index (χ0) is 18.0. The van der Waals surface area contributed by atoms with E-state index in [1.807, 2.05) is 4.90 Å². The van der Waals surface area contributed by atoms with Gasteiger partial charge in [0.1, 0.15) is 11.9 Å². The number of nitrogens with one attached hydrogen (secondary N) is 1. The Morgan fingerprint density at radius 1 is 1.36 bits per heavy atom. The summed E-state index contributed by atoms with van der Waals surface area (Å²) in [5, 5.41) is 2.99. The van der Waals surface area contributed by atoms with Crippen LogP contribution in [0.15, 0.2) is 18.2 Å². The molecule has 0 spiro atoms. The van der Waals surface area contributed by atoms with E-state index >= 15 is 0 Å². The van der Waals surface area contributed by atoms with E-state index in [9.17, 15) is 9.18 Å². The Labute approximate surface area is 152 Å². The molecule has 1 aromatic carbocycles. The molecule has 2 saturated heterocycles. The molecule has 1 N–H and O–H groups in total. The first-order valence-electron chi connectivity index (χ1n) is 8.39. The van der Waals surface area contributed by atoms with E-state index in [2.05, 4.69) is 17.3 Å². The molecular formula is C17H23FN4O2S. The summed E-state index contributed by atoms with van der Waals surface area (Å²) in [5.74, 6) is -0.314. The highest BCUT2D eigenvalue weighted by Gasteiger charge is 2.32. The number of likely N-dealkylation sites (N-methyl/N-ethyl adjacent to an activating group) is 1. The summed E-state index contributed by atoms with van der Waals surface area (Å²) in [6.45, 7) is 6.02. The third kappa shape index (κ3) is 4.19. The minimum atomic E-state index is -0.458. The van der Waals surface area contributed by atoms with Crippen LogP contribution in [0.2, 0.25) is 0 Å². The molecule has 3 rings (SSSR count). The molecule has 2 aliphatic heterocycles. The first kappa shape index (κ1) is 17.9. The van der Waals surface area contributed by atoms with E-state index in [1.54, 1.807) is 19.1 Å². The number of piperazine rings is 1. The van der Waals surface area contributed by atoms with Crippen molar-refractivity contribution in [3.8, 4) is 0 Å². The number of nitrogens with zero attached hydrogens (tertiary/aromatic N) is 3. The van der Waals surface area contributed by atoms with Crippen molar-refractivity contribution >= 4 is 34.7 Å². The number of thiocarbonyl (C=S) groups is 1. The summed E-state index contributed by atoms with van der Waals surface area (Å²) < 4.78 is 19.9. The topological polar surface area (TPSA) is 48.0 Å². The van der Waals surface area contributed by atoms with Crippen molar-refractivity contribution in [3.05, 3.63) is 24.0 Å². The van der Waals surface area contributed by atoms with Gasteiger partial charge in [-0.3, -0.25) is 4.90 Å². The molecule has 0 aliphatic carbocycles. The molecule has 2 heterocycles. The number of hydrogen-bond donors (Lipinski definition) is 1. The number of carbonyl (C=O) groups is 1. The van der Waals surface area contributed by atoms with Gasteiger partial charge in [-0.25, -0.2) is 9.18 Å². The molecule has 2 fully saturated rings. The first-order chi connectivity index (χ1) is 11.9. The summed E-state index contributed by atoms with van der Waals surface area (Å²) in [6, 6.07) is 4.93. The van der Waals surface area contributed by atoms with Gasteiger partial charge in [-0.05, 0) is 32.2 Å². The molecule has 0 aromatic heterocycles. The lowest BCUT2D eigenvalue weighted by atomic mass is 10.2. The number of ether oxygens (including phenoxy) is 1. The summed E-state index contributed by atoms with van der Waals surface area (Å²) in [6.07, 6.45) is -0.758. The van der Waals surface area contributed by atoms with Crippen molar-refractivity contribution in [2.24, 2.45) is 0 Å². The molecule has 2 aliphatic rings. The van der Waals surface area contributed by atoms with Gasteiger partial charge in [0.05, 0.1) is 29.5 Å². The number of benzene rings is 1. The minimum Gasteiger partial charge on any atom is -0.442 e. The molecule has 25 heavy (non-hydrogen) atoms. The fourth-order valence-electron chi connectivity index (χ4n) is 3.06. The number of halogens is 1. The lowest BCUT2D eigenvalue weighted by molar-refractivity contribution is 0.143. The third-order valence-electron chi connectivity index (χ3n) is 4.54. The van der Waals surface area contributed by atoms with Crippen molar-refractivity contribution in [3.63, 3.8) is 0 Å². The highest BCUT2D eigenvalue weighted by atomic mass is 32.1. The van der Waals surface area contributed by atoms with Crippen molar-refractivity contribution in [2.45, 2.75) is 13.0 Å². The first-order valence-corrected chi connectivity index (χ1v) is 8.80. The van der Waals surface area contributed by atoms with Gasteiger partial charge in [0.2, 0.25) is 0 Å². The Balaban J connectivity index is 1.68. The normalized spacial score (nSPS) is 21.4. The number of carbonyl (C=O) groups excluding carboxylic acids is 1. The molecule has 0 radical (unpaired) electrons. The second-order valence-corrected chi connectivity index (χ2v) is 7.09. The molecule has 0 unspecified atom stereocenters. The molecule has 1 amide bonds. The Morgan fingerprint density at radius 2 is 2.08 bits per heavy atom. The van der Waals surface area contributed by atoms with E-state index < -0.39 is 6.09 Å². The quantitative estimate of drug-likeness (QED) is 0.821. The van der Waals surface area contributed by atoms with Gasteiger partial charge in [0.25, 0.3) is 0 Å². The largest absolute Gasteiger partial charge is 0.442 e. The van der Waals surface area contributed by atoms with Crippen LogP contribution in [-0.4, -0.2) is 68.4 Å². The third-order valence-corrected chi connectivity index (χ3v) is 4.68. The van der Waals surface area contributed by atoms with Crippen LogP contribution in [0.5, 0.6) is 0 Å². The highest BCUT2D eigenvalue weighted by Crippen LogP contribution is 2.28. The molecular weight excluding hydrogens is 343 g/mol. The Morgan fingerprint density at radius 3 is 2.72 bits per heavy atom. The molecule has 136 valence electrons. The second kappa shape index (κ2) is 7.53. The van der Waals surface area contributed by atoms with Gasteiger partial charge in [0.15, 0.2) is 0 Å². The van der Waals surface area contributed by atoms with Crippen LogP contribution in [0.4, 0.5) is 20.6 Å². The molecule has 0 saturated carbocycles. The highest BCUT2D eigenvalue weighted by molar-refractivity contribution is 7.80. The van der Waals surface area contributed by atoms with Gasteiger partial charge in [-0.15, -0.1) is 0 Å². The van der Waals surface area contributed by atoms with E-state index in [1.165, 1.54) is 11.0 Å². The minimum absolute atomic E-state index is 0.300.